The van der Waals surface area contributed by atoms with Gasteiger partial charge in [0, 0.05) is 5.56 Å². The van der Waals surface area contributed by atoms with Crippen molar-refractivity contribution >= 4 is 17.6 Å². The summed E-state index contributed by atoms with van der Waals surface area (Å²) in [6, 6.07) is 1.76. The number of carboxylic acids is 1. The maximum absolute atomic E-state index is 13.7. The zero-order chi connectivity index (χ0) is 15.9. The minimum absolute atomic E-state index is 0.319. The van der Waals surface area contributed by atoms with E-state index >= 15 is 0 Å². The highest BCUT2D eigenvalue weighted by Crippen LogP contribution is 2.33. The van der Waals surface area contributed by atoms with Gasteiger partial charge in [-0.1, -0.05) is 11.6 Å². The number of nitrogens with zero attached hydrogens (tertiary/aromatic N) is 1. The third-order valence-corrected chi connectivity index (χ3v) is 2.75. The third kappa shape index (κ3) is 2.42. The van der Waals surface area contributed by atoms with E-state index in [1.807, 2.05) is 0 Å². The number of rotatable bonds is 2. The lowest BCUT2D eigenvalue weighted by atomic mass is 10.0. The summed E-state index contributed by atoms with van der Waals surface area (Å²) in [5.74, 6) is -12.8. The molecule has 3 nitrogen and oxygen atoms in total. The third-order valence-electron chi connectivity index (χ3n) is 2.54. The van der Waals surface area contributed by atoms with Gasteiger partial charge in [-0.05, 0) is 12.1 Å². The van der Waals surface area contributed by atoms with E-state index < -0.39 is 51.9 Å². The van der Waals surface area contributed by atoms with Crippen LogP contribution in [0.4, 0.5) is 22.0 Å². The number of hydrogen-bond donors (Lipinski definition) is 1. The topological polar surface area (TPSA) is 50.2 Å². The van der Waals surface area contributed by atoms with E-state index in [0.717, 1.165) is 12.1 Å². The number of aromatic nitrogens is 1. The summed E-state index contributed by atoms with van der Waals surface area (Å²) in [6.07, 6.45) is 0. The minimum Gasteiger partial charge on any atom is -0.476 e. The molecule has 1 N–H and O–H groups in total. The molecule has 0 atom stereocenters. The van der Waals surface area contributed by atoms with Crippen LogP contribution in [0.5, 0.6) is 0 Å². The first-order chi connectivity index (χ1) is 9.75. The maximum atomic E-state index is 13.7. The molecule has 0 spiro atoms. The van der Waals surface area contributed by atoms with E-state index in [2.05, 4.69) is 4.98 Å². The van der Waals surface area contributed by atoms with E-state index in [-0.39, 0.29) is 5.15 Å². The van der Waals surface area contributed by atoms with E-state index in [0.29, 0.717) is 0 Å². The fourth-order valence-corrected chi connectivity index (χ4v) is 1.79. The van der Waals surface area contributed by atoms with Crippen molar-refractivity contribution in [3.8, 4) is 11.1 Å². The molecule has 0 saturated heterocycles. The molecule has 0 unspecified atom stereocenters. The van der Waals surface area contributed by atoms with Crippen LogP contribution in [0.2, 0.25) is 5.15 Å². The van der Waals surface area contributed by atoms with Gasteiger partial charge >= 0.3 is 5.97 Å². The standard InChI is InChI=1S/C12H3ClF5NO2/c13-4-2-1-3(11(19-4)12(20)21)5-6(14)8(16)10(18)9(17)7(5)15/h1-2H,(H,20,21). The van der Waals surface area contributed by atoms with Crippen LogP contribution >= 0.6 is 11.6 Å². The van der Waals surface area contributed by atoms with Gasteiger partial charge in [0.1, 0.15) is 5.15 Å². The Morgan fingerprint density at radius 2 is 1.43 bits per heavy atom. The summed E-state index contributed by atoms with van der Waals surface area (Å²) < 4.78 is 66.6. The molecule has 0 aliphatic rings. The van der Waals surface area contributed by atoms with Crippen LogP contribution in [0.25, 0.3) is 11.1 Å². The highest BCUT2D eigenvalue weighted by Gasteiger charge is 2.29. The van der Waals surface area contributed by atoms with Crippen LogP contribution in [0.3, 0.4) is 0 Å². The van der Waals surface area contributed by atoms with E-state index in [9.17, 15) is 26.7 Å². The second kappa shape index (κ2) is 5.28. The molecular formula is C12H3ClF5NO2. The molecule has 0 aliphatic carbocycles. The van der Waals surface area contributed by atoms with Crippen LogP contribution in [-0.4, -0.2) is 16.1 Å². The largest absolute Gasteiger partial charge is 0.476 e. The van der Waals surface area contributed by atoms with Crippen molar-refractivity contribution in [1.29, 1.82) is 0 Å². The summed E-state index contributed by atoms with van der Waals surface area (Å²) in [7, 11) is 0. The van der Waals surface area contributed by atoms with Gasteiger partial charge in [0.15, 0.2) is 29.0 Å². The number of carboxylic acid groups (broad SMARTS) is 1. The minimum atomic E-state index is -2.34. The molecule has 21 heavy (non-hydrogen) atoms. The van der Waals surface area contributed by atoms with Gasteiger partial charge in [0.05, 0.1) is 5.56 Å². The molecule has 0 amide bonds. The lowest BCUT2D eigenvalue weighted by molar-refractivity contribution is 0.0691. The molecule has 9 heteroatoms. The number of pyridine rings is 1. The summed E-state index contributed by atoms with van der Waals surface area (Å²) in [5.41, 5.74) is -3.10. The molecule has 0 bridgehead atoms. The molecule has 0 saturated carbocycles. The molecule has 0 aliphatic heterocycles. The van der Waals surface area contributed by atoms with E-state index in [4.69, 9.17) is 16.7 Å². The number of halogens is 6. The zero-order valence-corrected chi connectivity index (χ0v) is 10.5. The Kier molecular flexibility index (Phi) is 3.82. The highest BCUT2D eigenvalue weighted by molar-refractivity contribution is 6.29. The molecule has 1 aromatic heterocycles. The fourth-order valence-electron chi connectivity index (χ4n) is 1.64. The first-order valence-corrected chi connectivity index (χ1v) is 5.55. The van der Waals surface area contributed by atoms with E-state index in [1.165, 1.54) is 0 Å². The van der Waals surface area contributed by atoms with Crippen molar-refractivity contribution in [2.75, 3.05) is 0 Å². The van der Waals surface area contributed by atoms with Crippen LogP contribution in [0.15, 0.2) is 12.1 Å². The lowest BCUT2D eigenvalue weighted by Crippen LogP contribution is -2.09. The van der Waals surface area contributed by atoms with Crippen LogP contribution in [-0.2, 0) is 0 Å². The second-order valence-electron chi connectivity index (χ2n) is 3.78. The average Bonchev–Trinajstić information content (AvgIpc) is 2.44. The SMILES string of the molecule is O=C(O)c1nc(Cl)ccc1-c1c(F)c(F)c(F)c(F)c1F. The number of benzene rings is 1. The first kappa shape index (κ1) is 15.2. The van der Waals surface area contributed by atoms with Crippen LogP contribution < -0.4 is 0 Å². The average molecular weight is 324 g/mol. The van der Waals surface area contributed by atoms with Crippen molar-refractivity contribution in [1.82, 2.24) is 4.98 Å². The summed E-state index contributed by atoms with van der Waals surface area (Å²) in [4.78, 5) is 14.3. The van der Waals surface area contributed by atoms with Gasteiger partial charge in [0.2, 0.25) is 5.82 Å². The van der Waals surface area contributed by atoms with Gasteiger partial charge in [-0.3, -0.25) is 0 Å². The van der Waals surface area contributed by atoms with Crippen molar-refractivity contribution in [3.05, 3.63) is 52.1 Å². The molecule has 0 radical (unpaired) electrons. The molecule has 2 aromatic rings. The Hall–Kier alpha value is -2.22. The highest BCUT2D eigenvalue weighted by atomic mass is 35.5. The van der Waals surface area contributed by atoms with Gasteiger partial charge < -0.3 is 5.11 Å². The lowest BCUT2D eigenvalue weighted by Gasteiger charge is -2.10. The Balaban J connectivity index is 2.89. The molecule has 0 fully saturated rings. The Labute approximate surface area is 118 Å². The molecule has 2 rings (SSSR count). The van der Waals surface area contributed by atoms with Crippen molar-refractivity contribution in [3.63, 3.8) is 0 Å². The Bertz CT molecular complexity index is 737. The fraction of sp³-hybridized carbons (Fsp3) is 0. The van der Waals surface area contributed by atoms with Crippen molar-refractivity contribution in [2.45, 2.75) is 0 Å². The van der Waals surface area contributed by atoms with Gasteiger partial charge in [-0.25, -0.2) is 31.7 Å². The normalized spacial score (nSPS) is 10.8. The molecule has 1 heterocycles. The predicted molar refractivity (Wildman–Crippen MR) is 61.4 cm³/mol. The van der Waals surface area contributed by atoms with Crippen LogP contribution in [0.1, 0.15) is 10.5 Å². The van der Waals surface area contributed by atoms with E-state index in [1.54, 1.807) is 0 Å². The predicted octanol–water partition coefficient (Wildman–Crippen LogP) is 3.80. The van der Waals surface area contributed by atoms with Gasteiger partial charge in [-0.2, -0.15) is 0 Å². The van der Waals surface area contributed by atoms with Crippen LogP contribution in [0, 0.1) is 29.1 Å². The summed E-state index contributed by atoms with van der Waals surface area (Å²) >= 11 is 5.45. The van der Waals surface area contributed by atoms with Gasteiger partial charge in [0.25, 0.3) is 0 Å². The summed E-state index contributed by atoms with van der Waals surface area (Å²) in [5, 5.41) is 8.58. The first-order valence-electron chi connectivity index (χ1n) is 5.17. The maximum Gasteiger partial charge on any atom is 0.355 e. The number of carbonyl (C=O) groups is 1. The molecular weight excluding hydrogens is 321 g/mol. The smallest absolute Gasteiger partial charge is 0.355 e. The Morgan fingerprint density at radius 3 is 1.90 bits per heavy atom. The zero-order valence-electron chi connectivity index (χ0n) is 9.73. The molecule has 1 aromatic carbocycles. The molecule has 110 valence electrons. The summed E-state index contributed by atoms with van der Waals surface area (Å²) in [6.45, 7) is 0. The van der Waals surface area contributed by atoms with Gasteiger partial charge in [-0.15, -0.1) is 0 Å². The van der Waals surface area contributed by atoms with Crippen molar-refractivity contribution in [2.24, 2.45) is 0 Å². The monoisotopic (exact) mass is 323 g/mol. The number of hydrogen-bond acceptors (Lipinski definition) is 2. The number of aromatic carboxylic acids is 1. The quantitative estimate of drug-likeness (QED) is 0.396. The Morgan fingerprint density at radius 1 is 0.952 bits per heavy atom. The van der Waals surface area contributed by atoms with Crippen molar-refractivity contribution < 1.29 is 31.9 Å². The second-order valence-corrected chi connectivity index (χ2v) is 4.17.